The number of ether oxygens (including phenoxy) is 1. The minimum absolute atomic E-state index is 0.0551. The van der Waals surface area contributed by atoms with E-state index in [1.165, 1.54) is 52.6 Å². The van der Waals surface area contributed by atoms with E-state index >= 15 is 0 Å². The predicted molar refractivity (Wildman–Crippen MR) is 114 cm³/mol. The van der Waals surface area contributed by atoms with Gasteiger partial charge in [0.1, 0.15) is 29.0 Å². The number of hydrogen-bond donors (Lipinski definition) is 1. The fourth-order valence-corrected chi connectivity index (χ4v) is 4.06. The summed E-state index contributed by atoms with van der Waals surface area (Å²) in [7, 11) is 0. The van der Waals surface area contributed by atoms with Crippen LogP contribution in [0.4, 0.5) is 10.1 Å². The van der Waals surface area contributed by atoms with E-state index in [-0.39, 0.29) is 36.0 Å². The van der Waals surface area contributed by atoms with E-state index in [0.29, 0.717) is 10.2 Å². The summed E-state index contributed by atoms with van der Waals surface area (Å²) in [5, 5.41) is 21.1. The van der Waals surface area contributed by atoms with E-state index in [9.17, 15) is 24.4 Å². The maximum Gasteiger partial charge on any atom is 0.273 e. The Balaban J connectivity index is 1.48. The molecule has 1 unspecified atom stereocenters. The molecule has 0 aliphatic heterocycles. The van der Waals surface area contributed by atoms with Crippen LogP contribution in [0.25, 0.3) is 20.7 Å². The number of nitro groups is 1. The van der Waals surface area contributed by atoms with E-state index in [0.717, 1.165) is 10.4 Å². The van der Waals surface area contributed by atoms with Crippen LogP contribution in [0.1, 0.15) is 0 Å². The molecule has 1 atom stereocenters. The summed E-state index contributed by atoms with van der Waals surface area (Å²) in [6.45, 7) is -0.211. The lowest BCUT2D eigenvalue weighted by Gasteiger charge is -2.13. The minimum Gasteiger partial charge on any atom is -0.491 e. The van der Waals surface area contributed by atoms with Crippen molar-refractivity contribution in [1.29, 1.82) is 0 Å². The predicted octanol–water partition coefficient (Wildman–Crippen LogP) is 3.61. The summed E-state index contributed by atoms with van der Waals surface area (Å²) in [5.74, 6) is -0.0944. The Bertz CT molecular complexity index is 1300. The molecule has 0 aliphatic carbocycles. The van der Waals surface area contributed by atoms with Crippen molar-refractivity contribution in [2.24, 2.45) is 0 Å². The topological polar surface area (TPSA) is 107 Å². The van der Waals surface area contributed by atoms with Crippen molar-refractivity contribution in [1.82, 2.24) is 9.55 Å². The summed E-state index contributed by atoms with van der Waals surface area (Å²) in [4.78, 5) is 28.2. The number of halogens is 1. The third-order valence-corrected chi connectivity index (χ3v) is 5.67. The first-order valence-electron chi connectivity index (χ1n) is 9.21. The van der Waals surface area contributed by atoms with Gasteiger partial charge in [0.15, 0.2) is 0 Å². The maximum atomic E-state index is 13.1. The van der Waals surface area contributed by atoms with E-state index < -0.39 is 11.0 Å². The van der Waals surface area contributed by atoms with Crippen LogP contribution in [-0.4, -0.2) is 32.3 Å². The second-order valence-electron chi connectivity index (χ2n) is 6.75. The first kappa shape index (κ1) is 20.6. The van der Waals surface area contributed by atoms with Crippen molar-refractivity contribution in [2.75, 3.05) is 6.61 Å². The quantitative estimate of drug-likeness (QED) is 0.347. The first-order valence-corrected chi connectivity index (χ1v) is 10.0. The fourth-order valence-electron chi connectivity index (χ4n) is 2.99. The van der Waals surface area contributed by atoms with Crippen LogP contribution in [0.5, 0.6) is 5.75 Å². The number of rotatable bonds is 7. The molecular weight excluding hydrogens is 425 g/mol. The number of aromatic nitrogens is 2. The molecule has 0 spiro atoms. The monoisotopic (exact) mass is 441 g/mol. The van der Waals surface area contributed by atoms with Gasteiger partial charge in [0.05, 0.1) is 29.4 Å². The largest absolute Gasteiger partial charge is 0.491 e. The highest BCUT2D eigenvalue weighted by molar-refractivity contribution is 7.22. The molecule has 1 N–H and O–H groups in total. The zero-order valence-electron chi connectivity index (χ0n) is 16.0. The average molecular weight is 441 g/mol. The Kier molecular flexibility index (Phi) is 5.74. The van der Waals surface area contributed by atoms with E-state index in [2.05, 4.69) is 4.98 Å². The molecular formula is C21H16FN3O5S. The van der Waals surface area contributed by atoms with Gasteiger partial charge in [-0.15, -0.1) is 11.3 Å². The second-order valence-corrected chi connectivity index (χ2v) is 7.81. The highest BCUT2D eigenvalue weighted by Crippen LogP contribution is 2.30. The molecule has 0 saturated heterocycles. The number of thiophene rings is 1. The molecule has 2 aromatic heterocycles. The molecule has 4 aromatic rings. The lowest BCUT2D eigenvalue weighted by molar-refractivity contribution is -0.384. The molecule has 0 radical (unpaired) electrons. The maximum absolute atomic E-state index is 13.1. The molecule has 0 bridgehead atoms. The number of benzene rings is 2. The highest BCUT2D eigenvalue weighted by atomic mass is 32.1. The molecule has 0 amide bonds. The van der Waals surface area contributed by atoms with Gasteiger partial charge >= 0.3 is 0 Å². The standard InChI is InChI=1S/C21H16FN3O5S/c22-14-6-4-13(5-7-14)19-9-18-20(31-19)21(27)24(12-23-18)10-16(26)11-30-17-3-1-2-15(8-17)25(28)29/h1-9,12,16,26H,10-11H2. The number of non-ortho nitro benzene ring substituents is 1. The second kappa shape index (κ2) is 8.62. The normalized spacial score (nSPS) is 12.1. The van der Waals surface area contributed by atoms with Crippen molar-refractivity contribution in [3.05, 3.63) is 87.2 Å². The van der Waals surface area contributed by atoms with Gasteiger partial charge in [-0.1, -0.05) is 18.2 Å². The summed E-state index contributed by atoms with van der Waals surface area (Å²) >= 11 is 1.24. The Morgan fingerprint density at radius 2 is 2.00 bits per heavy atom. The Morgan fingerprint density at radius 1 is 1.23 bits per heavy atom. The van der Waals surface area contributed by atoms with Crippen LogP contribution in [0.15, 0.2) is 65.7 Å². The smallest absolute Gasteiger partial charge is 0.273 e. The van der Waals surface area contributed by atoms with Crippen LogP contribution in [0.3, 0.4) is 0 Å². The third-order valence-electron chi connectivity index (χ3n) is 4.51. The number of hydrogen-bond acceptors (Lipinski definition) is 7. The Labute approximate surface area is 178 Å². The van der Waals surface area contributed by atoms with Crippen LogP contribution in [0.2, 0.25) is 0 Å². The number of fused-ring (bicyclic) bond motifs is 1. The van der Waals surface area contributed by atoms with Crippen LogP contribution in [-0.2, 0) is 6.54 Å². The summed E-state index contributed by atoms with van der Waals surface area (Å²) in [6, 6.07) is 13.4. The lowest BCUT2D eigenvalue weighted by Crippen LogP contribution is -2.30. The molecule has 2 aromatic carbocycles. The van der Waals surface area contributed by atoms with E-state index in [1.807, 2.05) is 0 Å². The van der Waals surface area contributed by atoms with Crippen LogP contribution in [0, 0.1) is 15.9 Å². The SMILES string of the molecule is O=c1c2sc(-c3ccc(F)cc3)cc2ncn1CC(O)COc1cccc([N+](=O)[O-])c1. The molecule has 2 heterocycles. The zero-order chi connectivity index (χ0) is 22.0. The molecule has 0 saturated carbocycles. The van der Waals surface area contributed by atoms with E-state index in [1.54, 1.807) is 24.3 Å². The number of aliphatic hydroxyl groups excluding tert-OH is 1. The van der Waals surface area contributed by atoms with Gasteiger partial charge < -0.3 is 9.84 Å². The number of nitrogens with zero attached hydrogens (tertiary/aromatic N) is 3. The Hall–Kier alpha value is -3.63. The lowest BCUT2D eigenvalue weighted by atomic mass is 10.2. The van der Waals surface area contributed by atoms with Crippen molar-refractivity contribution in [3.8, 4) is 16.2 Å². The van der Waals surface area contributed by atoms with Crippen LogP contribution >= 0.6 is 11.3 Å². The van der Waals surface area contributed by atoms with E-state index in [4.69, 9.17) is 4.74 Å². The van der Waals surface area contributed by atoms with Crippen molar-refractivity contribution in [2.45, 2.75) is 12.6 Å². The molecule has 0 aliphatic rings. The summed E-state index contributed by atoms with van der Waals surface area (Å²) < 4.78 is 20.3. The number of aliphatic hydroxyl groups is 1. The van der Waals surface area contributed by atoms with Crippen molar-refractivity contribution >= 4 is 27.2 Å². The van der Waals surface area contributed by atoms with Gasteiger partial charge in [-0.05, 0) is 29.8 Å². The van der Waals surface area contributed by atoms with Crippen molar-refractivity contribution < 1.29 is 19.2 Å². The molecule has 158 valence electrons. The van der Waals surface area contributed by atoms with Gasteiger partial charge in [0.2, 0.25) is 0 Å². The van der Waals surface area contributed by atoms with Gasteiger partial charge in [-0.25, -0.2) is 9.37 Å². The molecule has 31 heavy (non-hydrogen) atoms. The van der Waals surface area contributed by atoms with Crippen LogP contribution < -0.4 is 10.3 Å². The zero-order valence-corrected chi connectivity index (χ0v) is 16.8. The minimum atomic E-state index is -1.03. The molecule has 0 fully saturated rings. The Morgan fingerprint density at radius 3 is 2.74 bits per heavy atom. The fraction of sp³-hybridized carbons (Fsp3) is 0.143. The van der Waals surface area contributed by atoms with Gasteiger partial charge in [-0.2, -0.15) is 0 Å². The van der Waals surface area contributed by atoms with Gasteiger partial charge in [-0.3, -0.25) is 19.5 Å². The van der Waals surface area contributed by atoms with Gasteiger partial charge in [0.25, 0.3) is 11.2 Å². The first-order chi connectivity index (χ1) is 14.9. The average Bonchev–Trinajstić information content (AvgIpc) is 3.20. The third kappa shape index (κ3) is 4.60. The summed E-state index contributed by atoms with van der Waals surface area (Å²) in [5.41, 5.74) is 0.874. The molecule has 10 heteroatoms. The molecule has 8 nitrogen and oxygen atoms in total. The van der Waals surface area contributed by atoms with Crippen molar-refractivity contribution in [3.63, 3.8) is 0 Å². The number of nitro benzene ring substituents is 1. The highest BCUT2D eigenvalue weighted by Gasteiger charge is 2.14. The van der Waals surface area contributed by atoms with Gasteiger partial charge in [0, 0.05) is 10.9 Å². The molecule has 4 rings (SSSR count). The summed E-state index contributed by atoms with van der Waals surface area (Å²) in [6.07, 6.45) is 0.315.